The van der Waals surface area contributed by atoms with E-state index in [1.54, 1.807) is 0 Å². The summed E-state index contributed by atoms with van der Waals surface area (Å²) in [7, 11) is 0. The minimum Gasteiger partial charge on any atom is -0.481 e. The number of nitrogens with zero attached hydrogens (tertiary/aromatic N) is 1. The van der Waals surface area contributed by atoms with Gasteiger partial charge in [-0.1, -0.05) is 54.6 Å². The third kappa shape index (κ3) is 3.98. The third-order valence-corrected chi connectivity index (χ3v) is 5.93. The average Bonchev–Trinajstić information content (AvgIpc) is 2.86. The van der Waals surface area contributed by atoms with E-state index in [2.05, 4.69) is 59.5 Å². The first-order valence-corrected chi connectivity index (χ1v) is 10.0. The molecule has 27 heavy (non-hydrogen) atoms. The van der Waals surface area contributed by atoms with E-state index in [-0.39, 0.29) is 5.92 Å². The average molecular weight is 361 g/mol. The monoisotopic (exact) mass is 361 g/mol. The molecule has 1 heterocycles. The van der Waals surface area contributed by atoms with Crippen molar-refractivity contribution in [2.24, 2.45) is 5.92 Å². The summed E-state index contributed by atoms with van der Waals surface area (Å²) in [6.07, 6.45) is 7.28. The van der Waals surface area contributed by atoms with Crippen LogP contribution in [0.1, 0.15) is 41.5 Å². The van der Waals surface area contributed by atoms with Crippen LogP contribution in [-0.4, -0.2) is 35.6 Å². The zero-order valence-corrected chi connectivity index (χ0v) is 15.7. The number of hydrogen-bond donors (Lipinski definition) is 1. The fourth-order valence-corrected chi connectivity index (χ4v) is 4.49. The number of aryl methyl sites for hydroxylation is 2. The summed E-state index contributed by atoms with van der Waals surface area (Å²) in [5.41, 5.74) is 6.88. The topological polar surface area (TPSA) is 40.5 Å². The highest BCUT2D eigenvalue weighted by atomic mass is 16.4. The molecule has 2 aliphatic rings. The molecule has 0 radical (unpaired) electrons. The summed E-state index contributed by atoms with van der Waals surface area (Å²) in [4.78, 5) is 13.6. The Morgan fingerprint density at radius 2 is 1.67 bits per heavy atom. The van der Waals surface area contributed by atoms with Crippen molar-refractivity contribution in [1.82, 2.24) is 4.90 Å². The van der Waals surface area contributed by atoms with Gasteiger partial charge in [0.2, 0.25) is 0 Å². The number of benzene rings is 2. The maximum absolute atomic E-state index is 11.3. The Kier molecular flexibility index (Phi) is 5.40. The summed E-state index contributed by atoms with van der Waals surface area (Å²) in [6.45, 7) is 2.63. The lowest BCUT2D eigenvalue weighted by molar-refractivity contribution is -0.143. The molecule has 0 spiro atoms. The zero-order chi connectivity index (χ0) is 18.6. The second-order valence-corrected chi connectivity index (χ2v) is 7.70. The normalized spacial score (nSPS) is 19.7. The van der Waals surface area contributed by atoms with E-state index in [0.717, 1.165) is 45.2 Å². The highest BCUT2D eigenvalue weighted by molar-refractivity contribution is 5.83. The number of hydrogen-bond acceptors (Lipinski definition) is 2. The van der Waals surface area contributed by atoms with Crippen LogP contribution >= 0.6 is 0 Å². The molecule has 1 atom stereocenters. The van der Waals surface area contributed by atoms with E-state index >= 15 is 0 Å². The van der Waals surface area contributed by atoms with Gasteiger partial charge in [0.25, 0.3) is 0 Å². The van der Waals surface area contributed by atoms with Gasteiger partial charge < -0.3 is 10.0 Å². The molecule has 0 amide bonds. The smallest absolute Gasteiger partial charge is 0.307 e. The van der Waals surface area contributed by atoms with Crippen LogP contribution in [0, 0.1) is 5.92 Å². The summed E-state index contributed by atoms with van der Waals surface area (Å²) in [5.74, 6) is -0.851. The molecule has 0 aromatic heterocycles. The van der Waals surface area contributed by atoms with Gasteiger partial charge in [-0.2, -0.15) is 0 Å². The molecule has 0 saturated carbocycles. The van der Waals surface area contributed by atoms with Crippen molar-refractivity contribution in [2.45, 2.75) is 32.1 Å². The Morgan fingerprint density at radius 1 is 1.04 bits per heavy atom. The van der Waals surface area contributed by atoms with Crippen LogP contribution in [0.2, 0.25) is 0 Å². The van der Waals surface area contributed by atoms with Gasteiger partial charge in [0.05, 0.1) is 5.92 Å². The summed E-state index contributed by atoms with van der Waals surface area (Å²) in [6, 6.07) is 17.5. The lowest BCUT2D eigenvalue weighted by Gasteiger charge is -2.30. The molecule has 4 rings (SSSR count). The highest BCUT2D eigenvalue weighted by Gasteiger charge is 2.25. The van der Waals surface area contributed by atoms with Gasteiger partial charge in [0.15, 0.2) is 0 Å². The SMILES string of the molecule is O=C(O)[C@@H]1CCCN(CCC=C2c3ccccc3CCc3ccccc32)C1. The van der Waals surface area contributed by atoms with Crippen molar-refractivity contribution in [2.75, 3.05) is 19.6 Å². The van der Waals surface area contributed by atoms with Crippen molar-refractivity contribution >= 4 is 11.5 Å². The molecule has 1 aliphatic carbocycles. The number of aliphatic carboxylic acids is 1. The Labute approximate surface area is 161 Å². The fraction of sp³-hybridized carbons (Fsp3) is 0.375. The number of carboxylic acid groups (broad SMARTS) is 1. The van der Waals surface area contributed by atoms with Gasteiger partial charge in [0, 0.05) is 13.1 Å². The minimum absolute atomic E-state index is 0.203. The first-order chi connectivity index (χ1) is 13.2. The van der Waals surface area contributed by atoms with Crippen LogP contribution in [0.25, 0.3) is 5.57 Å². The summed E-state index contributed by atoms with van der Waals surface area (Å²) >= 11 is 0. The molecule has 3 heteroatoms. The number of piperidine rings is 1. The summed E-state index contributed by atoms with van der Waals surface area (Å²) in [5, 5.41) is 9.30. The predicted molar refractivity (Wildman–Crippen MR) is 109 cm³/mol. The largest absolute Gasteiger partial charge is 0.481 e. The third-order valence-electron chi connectivity index (χ3n) is 5.93. The molecule has 140 valence electrons. The second-order valence-electron chi connectivity index (χ2n) is 7.70. The van der Waals surface area contributed by atoms with Gasteiger partial charge in [-0.05, 0) is 66.5 Å². The Hall–Kier alpha value is -2.39. The van der Waals surface area contributed by atoms with Crippen molar-refractivity contribution in [3.05, 3.63) is 76.9 Å². The molecule has 0 unspecified atom stereocenters. The van der Waals surface area contributed by atoms with Crippen molar-refractivity contribution in [1.29, 1.82) is 0 Å². The van der Waals surface area contributed by atoms with E-state index in [1.165, 1.54) is 27.8 Å². The standard InChI is InChI=1S/C24H27NO2/c26-24(27)20-9-5-15-25(17-20)16-6-12-23-21-10-3-1-7-18(21)13-14-19-8-2-4-11-22(19)23/h1-4,7-8,10-12,20H,5-6,9,13-17H2,(H,26,27)/t20-/m1/s1. The molecule has 3 nitrogen and oxygen atoms in total. The number of likely N-dealkylation sites (tertiary alicyclic amines) is 1. The van der Waals surface area contributed by atoms with Gasteiger partial charge in [-0.25, -0.2) is 0 Å². The molecule has 2 aromatic carbocycles. The van der Waals surface area contributed by atoms with E-state index < -0.39 is 5.97 Å². The summed E-state index contributed by atoms with van der Waals surface area (Å²) < 4.78 is 0. The van der Waals surface area contributed by atoms with E-state index in [9.17, 15) is 9.90 Å². The molecule has 1 N–H and O–H groups in total. The van der Waals surface area contributed by atoms with Gasteiger partial charge >= 0.3 is 5.97 Å². The van der Waals surface area contributed by atoms with E-state index in [4.69, 9.17) is 0 Å². The predicted octanol–water partition coefficient (Wildman–Crippen LogP) is 4.40. The molecule has 1 aliphatic heterocycles. The molecule has 2 aromatic rings. The van der Waals surface area contributed by atoms with Crippen molar-refractivity contribution in [3.8, 4) is 0 Å². The number of carboxylic acids is 1. The van der Waals surface area contributed by atoms with Gasteiger partial charge in [-0.3, -0.25) is 4.79 Å². The lowest BCUT2D eigenvalue weighted by Crippen LogP contribution is -2.39. The van der Waals surface area contributed by atoms with Crippen LogP contribution in [0.4, 0.5) is 0 Å². The molecule has 1 saturated heterocycles. The number of rotatable bonds is 4. The minimum atomic E-state index is -0.648. The molecule has 1 fully saturated rings. The Balaban J connectivity index is 1.56. The molecular formula is C24H27NO2. The van der Waals surface area contributed by atoms with Crippen molar-refractivity contribution in [3.63, 3.8) is 0 Å². The van der Waals surface area contributed by atoms with E-state index in [1.807, 2.05) is 0 Å². The highest BCUT2D eigenvalue weighted by Crippen LogP contribution is 2.33. The van der Waals surface area contributed by atoms with E-state index in [0.29, 0.717) is 6.54 Å². The van der Waals surface area contributed by atoms with Gasteiger partial charge in [-0.15, -0.1) is 0 Å². The van der Waals surface area contributed by atoms with Crippen LogP contribution in [-0.2, 0) is 17.6 Å². The molecule has 0 bridgehead atoms. The van der Waals surface area contributed by atoms with Crippen LogP contribution in [0.5, 0.6) is 0 Å². The number of fused-ring (bicyclic) bond motifs is 2. The van der Waals surface area contributed by atoms with Crippen LogP contribution in [0.3, 0.4) is 0 Å². The fourth-order valence-electron chi connectivity index (χ4n) is 4.49. The first kappa shape index (κ1) is 18.0. The lowest BCUT2D eigenvalue weighted by atomic mass is 9.93. The molecular weight excluding hydrogens is 334 g/mol. The van der Waals surface area contributed by atoms with Gasteiger partial charge in [0.1, 0.15) is 0 Å². The maximum Gasteiger partial charge on any atom is 0.307 e. The Bertz CT molecular complexity index is 805. The number of carbonyl (C=O) groups is 1. The van der Waals surface area contributed by atoms with Crippen LogP contribution in [0.15, 0.2) is 54.6 Å². The van der Waals surface area contributed by atoms with Crippen LogP contribution < -0.4 is 0 Å². The quantitative estimate of drug-likeness (QED) is 0.877. The zero-order valence-electron chi connectivity index (χ0n) is 15.7. The maximum atomic E-state index is 11.3. The first-order valence-electron chi connectivity index (χ1n) is 10.0. The Morgan fingerprint density at radius 3 is 2.30 bits per heavy atom. The van der Waals surface area contributed by atoms with Crippen molar-refractivity contribution < 1.29 is 9.90 Å². The second kappa shape index (κ2) is 8.10.